The lowest BCUT2D eigenvalue weighted by Crippen LogP contribution is -2.06. The van der Waals surface area contributed by atoms with Crippen LogP contribution >= 0.6 is 11.8 Å². The highest BCUT2D eigenvalue weighted by Gasteiger charge is 2.54. The van der Waals surface area contributed by atoms with Crippen molar-refractivity contribution in [1.82, 2.24) is 0 Å². The van der Waals surface area contributed by atoms with Gasteiger partial charge in [-0.3, -0.25) is 0 Å². The highest BCUT2D eigenvalue weighted by Crippen LogP contribution is 2.51. The van der Waals surface area contributed by atoms with Crippen LogP contribution in [-0.4, -0.2) is 18.1 Å². The third-order valence-electron chi connectivity index (χ3n) is 2.49. The molecule has 0 aromatic rings. The number of hydrogen-bond donors (Lipinski definition) is 1. The summed E-state index contributed by atoms with van der Waals surface area (Å²) in [7, 11) is 0. The fraction of sp³-hybridized carbons (Fsp3) is 1.00. The van der Waals surface area contributed by atoms with E-state index >= 15 is 0 Å². The predicted octanol–water partition coefficient (Wildman–Crippen LogP) is 1.33. The van der Waals surface area contributed by atoms with E-state index in [9.17, 15) is 0 Å². The van der Waals surface area contributed by atoms with Gasteiger partial charge in [-0.15, -0.1) is 0 Å². The molecule has 1 fully saturated rings. The smallest absolute Gasteiger partial charge is 0.0136 e. The summed E-state index contributed by atoms with van der Waals surface area (Å²) >= 11 is 1.90. The molecule has 2 atom stereocenters. The lowest BCUT2D eigenvalue weighted by Gasteiger charge is -1.97. The first kappa shape index (κ1) is 7.42. The van der Waals surface area contributed by atoms with Crippen LogP contribution in [0.4, 0.5) is 0 Å². The molecule has 0 aromatic heterocycles. The van der Waals surface area contributed by atoms with Crippen molar-refractivity contribution < 1.29 is 0 Å². The topological polar surface area (TPSA) is 26.0 Å². The first-order valence-corrected chi connectivity index (χ1v) is 4.74. The van der Waals surface area contributed by atoms with Crippen LogP contribution in [0.25, 0.3) is 0 Å². The Morgan fingerprint density at radius 2 is 2.00 bits per heavy atom. The van der Waals surface area contributed by atoms with Gasteiger partial charge < -0.3 is 5.73 Å². The fourth-order valence-electron chi connectivity index (χ4n) is 1.28. The third kappa shape index (κ3) is 1.10. The molecule has 0 spiro atoms. The lowest BCUT2D eigenvalue weighted by atomic mass is 10.1. The Morgan fingerprint density at radius 3 is 2.11 bits per heavy atom. The molecule has 1 aliphatic rings. The highest BCUT2D eigenvalue weighted by atomic mass is 32.2. The van der Waals surface area contributed by atoms with Gasteiger partial charge in [0, 0.05) is 6.04 Å². The molecule has 54 valence electrons. The highest BCUT2D eigenvalue weighted by molar-refractivity contribution is 7.98. The molecule has 2 unspecified atom stereocenters. The molecule has 0 amide bonds. The van der Waals surface area contributed by atoms with Crippen LogP contribution in [0, 0.1) is 11.3 Å². The first-order valence-electron chi connectivity index (χ1n) is 3.35. The number of rotatable bonds is 2. The van der Waals surface area contributed by atoms with Crippen LogP contribution < -0.4 is 5.73 Å². The van der Waals surface area contributed by atoms with E-state index in [0.29, 0.717) is 11.5 Å². The average Bonchev–Trinajstić information content (AvgIpc) is 2.19. The minimum Gasteiger partial charge on any atom is -0.327 e. The van der Waals surface area contributed by atoms with E-state index < -0.39 is 0 Å². The van der Waals surface area contributed by atoms with Gasteiger partial charge in [-0.1, -0.05) is 13.8 Å². The molecule has 0 bridgehead atoms. The third-order valence-corrected chi connectivity index (χ3v) is 3.18. The maximum Gasteiger partial charge on any atom is 0.0136 e. The molecule has 9 heavy (non-hydrogen) atoms. The van der Waals surface area contributed by atoms with Gasteiger partial charge in [-0.25, -0.2) is 0 Å². The molecular formula is C7H15NS. The van der Waals surface area contributed by atoms with Crippen LogP contribution in [0.3, 0.4) is 0 Å². The van der Waals surface area contributed by atoms with Crippen LogP contribution in [0.2, 0.25) is 0 Å². The maximum atomic E-state index is 5.82. The Balaban J connectivity index is 2.33. The van der Waals surface area contributed by atoms with Gasteiger partial charge in [0.2, 0.25) is 0 Å². The normalized spacial score (nSPS) is 38.7. The number of hydrogen-bond acceptors (Lipinski definition) is 2. The van der Waals surface area contributed by atoms with E-state index in [0.717, 1.165) is 5.92 Å². The zero-order valence-electron chi connectivity index (χ0n) is 6.35. The Bertz CT molecular complexity index is 111. The largest absolute Gasteiger partial charge is 0.327 e. The van der Waals surface area contributed by atoms with E-state index in [1.54, 1.807) is 0 Å². The van der Waals surface area contributed by atoms with Gasteiger partial charge in [0.15, 0.2) is 0 Å². The quantitative estimate of drug-likeness (QED) is 0.634. The summed E-state index contributed by atoms with van der Waals surface area (Å²) in [6.45, 7) is 4.50. The standard InChI is InChI=1S/C7H15NS/c1-7(2)5(4-9-3)6(7)8/h5-6H,4,8H2,1-3H3. The molecule has 0 aliphatic heterocycles. The first-order chi connectivity index (χ1) is 4.10. The van der Waals surface area contributed by atoms with E-state index in [1.807, 2.05) is 11.8 Å². The lowest BCUT2D eigenvalue weighted by molar-refractivity contribution is 0.577. The van der Waals surface area contributed by atoms with Crippen molar-refractivity contribution in [2.24, 2.45) is 17.1 Å². The molecule has 1 rings (SSSR count). The molecule has 1 saturated carbocycles. The Labute approximate surface area is 61.4 Å². The number of thioether (sulfide) groups is 1. The van der Waals surface area contributed by atoms with Gasteiger partial charge in [0.25, 0.3) is 0 Å². The van der Waals surface area contributed by atoms with E-state index in [1.165, 1.54) is 5.75 Å². The fourth-order valence-corrected chi connectivity index (χ4v) is 2.28. The molecule has 0 aromatic carbocycles. The summed E-state index contributed by atoms with van der Waals surface area (Å²) in [5.41, 5.74) is 6.25. The van der Waals surface area contributed by atoms with Crippen molar-refractivity contribution in [1.29, 1.82) is 0 Å². The van der Waals surface area contributed by atoms with Crippen LogP contribution in [0.5, 0.6) is 0 Å². The zero-order chi connectivity index (χ0) is 7.07. The summed E-state index contributed by atoms with van der Waals surface area (Å²) in [5.74, 6) is 2.00. The molecule has 0 radical (unpaired) electrons. The summed E-state index contributed by atoms with van der Waals surface area (Å²) in [5, 5.41) is 0. The summed E-state index contributed by atoms with van der Waals surface area (Å²) in [6.07, 6.45) is 2.14. The summed E-state index contributed by atoms with van der Waals surface area (Å²) in [6, 6.07) is 0.463. The van der Waals surface area contributed by atoms with Crippen molar-refractivity contribution in [2.75, 3.05) is 12.0 Å². The average molecular weight is 145 g/mol. The SMILES string of the molecule is CSCC1C(N)C1(C)C. The van der Waals surface area contributed by atoms with Crippen molar-refractivity contribution in [2.45, 2.75) is 19.9 Å². The van der Waals surface area contributed by atoms with Crippen molar-refractivity contribution in [3.05, 3.63) is 0 Å². The number of nitrogens with two attached hydrogens (primary N) is 1. The Morgan fingerprint density at radius 1 is 1.56 bits per heavy atom. The van der Waals surface area contributed by atoms with Crippen LogP contribution in [-0.2, 0) is 0 Å². The Kier molecular flexibility index (Phi) is 1.79. The van der Waals surface area contributed by atoms with E-state index in [2.05, 4.69) is 20.1 Å². The maximum absolute atomic E-state index is 5.82. The van der Waals surface area contributed by atoms with Gasteiger partial charge in [0.1, 0.15) is 0 Å². The molecule has 2 N–H and O–H groups in total. The second kappa shape index (κ2) is 2.17. The Hall–Kier alpha value is 0.310. The molecule has 0 heterocycles. The molecular weight excluding hydrogens is 130 g/mol. The van der Waals surface area contributed by atoms with Gasteiger partial charge >= 0.3 is 0 Å². The molecule has 2 heteroatoms. The molecule has 0 saturated heterocycles. The second-order valence-corrected chi connectivity index (χ2v) is 4.32. The minimum absolute atomic E-state index is 0.434. The minimum atomic E-state index is 0.434. The van der Waals surface area contributed by atoms with Gasteiger partial charge in [0.05, 0.1) is 0 Å². The van der Waals surface area contributed by atoms with E-state index in [4.69, 9.17) is 5.73 Å². The molecule has 1 nitrogen and oxygen atoms in total. The van der Waals surface area contributed by atoms with Gasteiger partial charge in [-0.2, -0.15) is 11.8 Å². The van der Waals surface area contributed by atoms with Crippen molar-refractivity contribution >= 4 is 11.8 Å². The predicted molar refractivity (Wildman–Crippen MR) is 43.6 cm³/mol. The van der Waals surface area contributed by atoms with Crippen molar-refractivity contribution in [3.8, 4) is 0 Å². The van der Waals surface area contributed by atoms with E-state index in [-0.39, 0.29) is 0 Å². The van der Waals surface area contributed by atoms with Crippen LogP contribution in [0.15, 0.2) is 0 Å². The second-order valence-electron chi connectivity index (χ2n) is 3.41. The van der Waals surface area contributed by atoms with Gasteiger partial charge in [-0.05, 0) is 23.3 Å². The van der Waals surface area contributed by atoms with Crippen LogP contribution in [0.1, 0.15) is 13.8 Å². The molecule has 1 aliphatic carbocycles. The monoisotopic (exact) mass is 145 g/mol. The van der Waals surface area contributed by atoms with Crippen molar-refractivity contribution in [3.63, 3.8) is 0 Å². The summed E-state index contributed by atoms with van der Waals surface area (Å²) in [4.78, 5) is 0. The zero-order valence-corrected chi connectivity index (χ0v) is 7.16. The summed E-state index contributed by atoms with van der Waals surface area (Å²) < 4.78 is 0.